The maximum absolute atomic E-state index is 13.1. The molecule has 0 bridgehead atoms. The van der Waals surface area contributed by atoms with Gasteiger partial charge in [-0.3, -0.25) is 37.3 Å². The van der Waals surface area contributed by atoms with E-state index in [0.29, 0.717) is 31.6 Å². The van der Waals surface area contributed by atoms with Gasteiger partial charge in [0, 0.05) is 25.7 Å². The van der Waals surface area contributed by atoms with Crippen LogP contribution in [0.15, 0.2) is 0 Å². The molecule has 0 aliphatic rings. The molecular weight excluding hydrogens is 1290 g/mol. The minimum atomic E-state index is -4.96. The Morgan fingerprint density at radius 1 is 0.273 bits per heavy atom. The zero-order valence-corrected chi connectivity index (χ0v) is 66.6. The number of esters is 4. The van der Waals surface area contributed by atoms with E-state index in [4.69, 9.17) is 37.0 Å². The Morgan fingerprint density at radius 2 is 0.465 bits per heavy atom. The minimum absolute atomic E-state index is 0.106. The largest absolute Gasteiger partial charge is 0.472 e. The lowest BCUT2D eigenvalue weighted by Gasteiger charge is -2.21. The van der Waals surface area contributed by atoms with Gasteiger partial charge in [-0.25, -0.2) is 9.13 Å². The molecule has 2 unspecified atom stereocenters. The third-order valence-corrected chi connectivity index (χ3v) is 20.6. The van der Waals surface area contributed by atoms with Gasteiger partial charge < -0.3 is 33.8 Å². The summed E-state index contributed by atoms with van der Waals surface area (Å²) in [5.74, 6) is -0.668. The van der Waals surface area contributed by atoms with Crippen molar-refractivity contribution in [2.45, 2.75) is 439 Å². The predicted molar refractivity (Wildman–Crippen MR) is 405 cm³/mol. The molecule has 99 heavy (non-hydrogen) atoms. The second-order valence-electron chi connectivity index (χ2n) is 29.8. The molecule has 0 amide bonds. The lowest BCUT2D eigenvalue weighted by molar-refractivity contribution is -0.161. The van der Waals surface area contributed by atoms with Crippen LogP contribution in [0.1, 0.15) is 420 Å². The molecule has 5 atom stereocenters. The molecule has 588 valence electrons. The molecule has 0 saturated carbocycles. The number of unbranched alkanes of at least 4 members (excludes halogenated alkanes) is 49. The van der Waals surface area contributed by atoms with Gasteiger partial charge in [0.05, 0.1) is 26.4 Å². The number of aliphatic hydroxyl groups is 1. The second kappa shape index (κ2) is 71.7. The highest BCUT2D eigenvalue weighted by molar-refractivity contribution is 7.47. The summed E-state index contributed by atoms with van der Waals surface area (Å²) in [7, 11) is -9.92. The summed E-state index contributed by atoms with van der Waals surface area (Å²) in [6.07, 6.45) is 61.3. The quantitative estimate of drug-likeness (QED) is 0.0222. The van der Waals surface area contributed by atoms with E-state index >= 15 is 0 Å². The van der Waals surface area contributed by atoms with Crippen LogP contribution in [0.2, 0.25) is 0 Å². The Kier molecular flexibility index (Phi) is 70.3. The number of carbonyl (C=O) groups excluding carboxylic acids is 4. The summed E-state index contributed by atoms with van der Waals surface area (Å²) >= 11 is 0. The molecular formula is C80H156O17P2. The zero-order valence-electron chi connectivity index (χ0n) is 64.8. The van der Waals surface area contributed by atoms with E-state index < -0.39 is 97.5 Å². The summed E-state index contributed by atoms with van der Waals surface area (Å²) < 4.78 is 68.6. The van der Waals surface area contributed by atoms with Crippen molar-refractivity contribution in [1.82, 2.24) is 0 Å². The molecule has 3 N–H and O–H groups in total. The normalized spacial score (nSPS) is 13.9. The first-order valence-electron chi connectivity index (χ1n) is 41.5. The first-order valence-corrected chi connectivity index (χ1v) is 44.5. The van der Waals surface area contributed by atoms with E-state index in [9.17, 15) is 43.2 Å². The number of aliphatic hydroxyl groups excluding tert-OH is 1. The summed E-state index contributed by atoms with van der Waals surface area (Å²) in [5, 5.41) is 10.6. The average Bonchev–Trinajstić information content (AvgIpc) is 1.02. The van der Waals surface area contributed by atoms with Crippen LogP contribution in [0.4, 0.5) is 0 Å². The van der Waals surface area contributed by atoms with Gasteiger partial charge in [0.2, 0.25) is 0 Å². The number of hydrogen-bond acceptors (Lipinski definition) is 15. The predicted octanol–water partition coefficient (Wildman–Crippen LogP) is 23.9. The van der Waals surface area contributed by atoms with E-state index in [-0.39, 0.29) is 25.7 Å². The summed E-state index contributed by atoms with van der Waals surface area (Å²) in [5.41, 5.74) is 0. The lowest BCUT2D eigenvalue weighted by atomic mass is 10.0. The summed E-state index contributed by atoms with van der Waals surface area (Å²) in [4.78, 5) is 72.9. The molecule has 0 rings (SSSR count). The second-order valence-corrected chi connectivity index (χ2v) is 32.7. The third kappa shape index (κ3) is 74.1. The highest BCUT2D eigenvalue weighted by atomic mass is 31.2. The molecule has 0 saturated heterocycles. The third-order valence-electron chi connectivity index (χ3n) is 18.7. The maximum Gasteiger partial charge on any atom is 0.472 e. The highest BCUT2D eigenvalue weighted by Gasteiger charge is 2.30. The lowest BCUT2D eigenvalue weighted by Crippen LogP contribution is -2.30. The van der Waals surface area contributed by atoms with Crippen molar-refractivity contribution in [3.8, 4) is 0 Å². The maximum atomic E-state index is 13.1. The van der Waals surface area contributed by atoms with Crippen molar-refractivity contribution in [2.75, 3.05) is 39.6 Å². The van der Waals surface area contributed by atoms with E-state index in [0.717, 1.165) is 102 Å². The monoisotopic (exact) mass is 1450 g/mol. The van der Waals surface area contributed by atoms with Crippen LogP contribution < -0.4 is 0 Å². The van der Waals surface area contributed by atoms with Crippen LogP contribution in [0.25, 0.3) is 0 Å². The summed E-state index contributed by atoms with van der Waals surface area (Å²) in [6, 6.07) is 0. The molecule has 0 spiro atoms. The molecule has 0 heterocycles. The van der Waals surface area contributed by atoms with Gasteiger partial charge in [0.1, 0.15) is 19.3 Å². The number of hydrogen-bond donors (Lipinski definition) is 3. The Bertz CT molecular complexity index is 1910. The topological polar surface area (TPSA) is 237 Å². The van der Waals surface area contributed by atoms with Crippen LogP contribution >= 0.6 is 15.6 Å². The Labute approximate surface area is 607 Å². The molecule has 0 fully saturated rings. The molecule has 19 heteroatoms. The van der Waals surface area contributed by atoms with Gasteiger partial charge in [-0.1, -0.05) is 369 Å². The molecule has 0 aromatic heterocycles. The fourth-order valence-electron chi connectivity index (χ4n) is 12.4. The first-order chi connectivity index (χ1) is 47.9. The average molecular weight is 1450 g/mol. The van der Waals surface area contributed by atoms with E-state index in [1.54, 1.807) is 0 Å². The molecule has 0 aromatic rings. The number of ether oxygens (including phenoxy) is 4. The van der Waals surface area contributed by atoms with Gasteiger partial charge in [0.15, 0.2) is 12.2 Å². The number of rotatable bonds is 79. The van der Waals surface area contributed by atoms with Crippen molar-refractivity contribution in [3.63, 3.8) is 0 Å². The Balaban J connectivity index is 5.21. The van der Waals surface area contributed by atoms with Crippen molar-refractivity contribution >= 4 is 39.5 Å². The molecule has 0 aromatic carbocycles. The molecule has 0 aliphatic heterocycles. The number of carbonyl (C=O) groups is 4. The van der Waals surface area contributed by atoms with Crippen LogP contribution in [-0.2, 0) is 65.4 Å². The SMILES string of the molecule is CCCCCCCCCCCCCCCCCCCCCCCC(=O)O[C@H](COC(=O)CCCCCCCCCCCCCCCCC)COP(=O)(O)OC[C@@H](O)COP(=O)(O)OC[C@@H](COC(=O)CCCCCCCCC(C)C)OC(=O)CCCCCCCCCCCCCC(C)C. The van der Waals surface area contributed by atoms with Gasteiger partial charge in [-0.2, -0.15) is 0 Å². The fourth-order valence-corrected chi connectivity index (χ4v) is 13.9. The van der Waals surface area contributed by atoms with Gasteiger partial charge in [-0.05, 0) is 37.5 Å². The smallest absolute Gasteiger partial charge is 0.462 e. The van der Waals surface area contributed by atoms with Crippen LogP contribution in [0.5, 0.6) is 0 Å². The molecule has 0 radical (unpaired) electrons. The standard InChI is InChI=1S/C80H156O17P2/c1-7-9-11-13-15-17-19-21-23-24-25-26-27-28-30-32-36-40-44-52-58-64-79(84)96-75(68-90-77(82)62-56-50-43-39-35-31-29-22-20-18-16-14-12-10-8-2)70-94-98(86,87)92-66-74(81)67-93-99(88,89)95-71-76(69-91-78(83)63-57-51-47-46-49-55-61-73(5)6)97-80(85)65-59-53-45-41-37-33-34-38-42-48-54-60-72(3)4/h72-76,81H,7-71H2,1-6H3,(H,86,87)(H,88,89)/t74-,75-,76-/m1/s1. The van der Waals surface area contributed by atoms with E-state index in [1.807, 2.05) is 0 Å². The molecule has 17 nitrogen and oxygen atoms in total. The number of phosphoric acid groups is 2. The minimum Gasteiger partial charge on any atom is -0.462 e. The number of phosphoric ester groups is 2. The zero-order chi connectivity index (χ0) is 72.8. The van der Waals surface area contributed by atoms with E-state index in [2.05, 4.69) is 41.5 Å². The fraction of sp³-hybridized carbons (Fsp3) is 0.950. The highest BCUT2D eigenvalue weighted by Crippen LogP contribution is 2.45. The Hall–Kier alpha value is -1.94. The molecule has 0 aliphatic carbocycles. The van der Waals surface area contributed by atoms with Crippen LogP contribution in [-0.4, -0.2) is 96.7 Å². The van der Waals surface area contributed by atoms with Crippen LogP contribution in [0, 0.1) is 11.8 Å². The van der Waals surface area contributed by atoms with Crippen LogP contribution in [0.3, 0.4) is 0 Å². The first kappa shape index (κ1) is 97.1. The van der Waals surface area contributed by atoms with Gasteiger partial charge in [-0.15, -0.1) is 0 Å². The van der Waals surface area contributed by atoms with E-state index in [1.165, 1.54) is 231 Å². The van der Waals surface area contributed by atoms with Crippen molar-refractivity contribution < 1.29 is 80.2 Å². The van der Waals surface area contributed by atoms with Gasteiger partial charge >= 0.3 is 39.5 Å². The Morgan fingerprint density at radius 3 is 0.687 bits per heavy atom. The summed E-state index contributed by atoms with van der Waals surface area (Å²) in [6.45, 7) is 9.54. The van der Waals surface area contributed by atoms with Crippen molar-refractivity contribution in [3.05, 3.63) is 0 Å². The van der Waals surface area contributed by atoms with Crippen molar-refractivity contribution in [1.29, 1.82) is 0 Å². The van der Waals surface area contributed by atoms with Gasteiger partial charge in [0.25, 0.3) is 0 Å². The van der Waals surface area contributed by atoms with Crippen molar-refractivity contribution in [2.24, 2.45) is 11.8 Å².